The van der Waals surface area contributed by atoms with Crippen LogP contribution in [0.2, 0.25) is 0 Å². The number of thiophene rings is 1. The van der Waals surface area contributed by atoms with E-state index in [1.54, 1.807) is 0 Å². The van der Waals surface area contributed by atoms with Crippen molar-refractivity contribution in [2.75, 3.05) is 9.80 Å². The Morgan fingerprint density at radius 2 is 0.765 bits per heavy atom. The summed E-state index contributed by atoms with van der Waals surface area (Å²) in [6.07, 6.45) is 0. The number of fused-ring (bicyclic) bond motifs is 9. The van der Waals surface area contributed by atoms with Gasteiger partial charge in [0, 0.05) is 59.7 Å². The number of benzene rings is 9. The zero-order valence-electron chi connectivity index (χ0n) is 27.8. The minimum atomic E-state index is 1.10. The predicted molar refractivity (Wildman–Crippen MR) is 221 cm³/mol. The summed E-state index contributed by atoms with van der Waals surface area (Å²) in [7, 11) is 0. The predicted octanol–water partition coefficient (Wildman–Crippen LogP) is 14.5. The summed E-state index contributed by atoms with van der Waals surface area (Å²) >= 11 is 1.90. The third-order valence-corrected chi connectivity index (χ3v) is 11.2. The maximum absolute atomic E-state index is 2.41. The van der Waals surface area contributed by atoms with Crippen molar-refractivity contribution in [3.63, 3.8) is 0 Å². The molecule has 3 heteroatoms. The normalized spacial score (nSPS) is 11.5. The lowest BCUT2D eigenvalue weighted by Crippen LogP contribution is -2.12. The summed E-state index contributed by atoms with van der Waals surface area (Å²) in [6, 6.07) is 70.3. The quantitative estimate of drug-likeness (QED) is 0.163. The van der Waals surface area contributed by atoms with Gasteiger partial charge in [-0.05, 0) is 106 Å². The monoisotopic (exact) mass is 668 g/mol. The molecule has 10 rings (SSSR count). The van der Waals surface area contributed by atoms with Gasteiger partial charge in [-0.3, -0.25) is 0 Å². The minimum Gasteiger partial charge on any atom is -0.311 e. The topological polar surface area (TPSA) is 6.48 Å². The van der Waals surface area contributed by atoms with Crippen LogP contribution in [0.1, 0.15) is 0 Å². The van der Waals surface area contributed by atoms with Gasteiger partial charge >= 0.3 is 0 Å². The molecule has 0 saturated heterocycles. The van der Waals surface area contributed by atoms with Gasteiger partial charge in [0.15, 0.2) is 0 Å². The Morgan fingerprint density at radius 3 is 1.47 bits per heavy atom. The van der Waals surface area contributed by atoms with Crippen molar-refractivity contribution in [2.24, 2.45) is 0 Å². The maximum Gasteiger partial charge on any atom is 0.0468 e. The molecule has 51 heavy (non-hydrogen) atoms. The van der Waals surface area contributed by atoms with Crippen molar-refractivity contribution in [3.05, 3.63) is 194 Å². The van der Waals surface area contributed by atoms with Crippen LogP contribution in [0.3, 0.4) is 0 Å². The van der Waals surface area contributed by atoms with Gasteiger partial charge in [-0.25, -0.2) is 0 Å². The van der Waals surface area contributed by atoms with Crippen LogP contribution in [0.25, 0.3) is 52.5 Å². The fourth-order valence-corrected chi connectivity index (χ4v) is 8.90. The van der Waals surface area contributed by atoms with Crippen molar-refractivity contribution in [3.8, 4) is 0 Å². The molecule has 0 amide bonds. The van der Waals surface area contributed by atoms with Crippen molar-refractivity contribution in [1.82, 2.24) is 0 Å². The summed E-state index contributed by atoms with van der Waals surface area (Å²) in [5.41, 5.74) is 6.70. The zero-order valence-corrected chi connectivity index (χ0v) is 28.6. The molecule has 0 saturated carbocycles. The van der Waals surface area contributed by atoms with Gasteiger partial charge < -0.3 is 9.80 Å². The third-order valence-electron chi connectivity index (χ3n) is 9.97. The lowest BCUT2D eigenvalue weighted by molar-refractivity contribution is 1.26. The highest BCUT2D eigenvalue weighted by Crippen LogP contribution is 2.46. The van der Waals surface area contributed by atoms with Gasteiger partial charge in [-0.15, -0.1) is 11.3 Å². The van der Waals surface area contributed by atoms with Gasteiger partial charge in [0.05, 0.1) is 0 Å². The van der Waals surface area contributed by atoms with E-state index in [1.807, 2.05) is 11.3 Å². The molecule has 10 aromatic rings. The second-order valence-electron chi connectivity index (χ2n) is 13.0. The Bertz CT molecular complexity index is 2820. The number of anilines is 6. The molecular weight excluding hydrogens is 637 g/mol. The van der Waals surface area contributed by atoms with E-state index in [4.69, 9.17) is 0 Å². The number of rotatable bonds is 6. The van der Waals surface area contributed by atoms with Gasteiger partial charge in [-0.1, -0.05) is 115 Å². The molecule has 0 bridgehead atoms. The molecule has 0 spiro atoms. The molecule has 0 fully saturated rings. The van der Waals surface area contributed by atoms with Crippen LogP contribution in [-0.4, -0.2) is 0 Å². The Balaban J connectivity index is 1.18. The Kier molecular flexibility index (Phi) is 7.04. The number of hydrogen-bond acceptors (Lipinski definition) is 3. The first-order chi connectivity index (χ1) is 25.3. The van der Waals surface area contributed by atoms with E-state index in [9.17, 15) is 0 Å². The Labute approximate surface area is 300 Å². The van der Waals surface area contributed by atoms with Crippen LogP contribution >= 0.6 is 11.3 Å². The lowest BCUT2D eigenvalue weighted by atomic mass is 9.96. The minimum absolute atomic E-state index is 1.10. The number of hydrogen-bond donors (Lipinski definition) is 0. The molecule has 9 aromatic carbocycles. The number of nitrogens with zero attached hydrogens (tertiary/aromatic N) is 2. The third kappa shape index (κ3) is 5.01. The summed E-state index contributed by atoms with van der Waals surface area (Å²) in [5, 5.41) is 10.3. The molecule has 1 aromatic heterocycles. The summed E-state index contributed by atoms with van der Waals surface area (Å²) in [4.78, 5) is 4.71. The van der Waals surface area contributed by atoms with E-state index in [-0.39, 0.29) is 0 Å². The van der Waals surface area contributed by atoms with Gasteiger partial charge in [0.2, 0.25) is 0 Å². The van der Waals surface area contributed by atoms with Crippen LogP contribution in [0.4, 0.5) is 34.1 Å². The zero-order chi connectivity index (χ0) is 33.7. The van der Waals surface area contributed by atoms with Gasteiger partial charge in [0.1, 0.15) is 0 Å². The smallest absolute Gasteiger partial charge is 0.0468 e. The van der Waals surface area contributed by atoms with Crippen molar-refractivity contribution in [1.29, 1.82) is 0 Å². The fraction of sp³-hybridized carbons (Fsp3) is 0. The molecule has 0 aliphatic heterocycles. The van der Waals surface area contributed by atoms with Crippen molar-refractivity contribution < 1.29 is 0 Å². The number of para-hydroxylation sites is 2. The van der Waals surface area contributed by atoms with Crippen LogP contribution in [0.15, 0.2) is 194 Å². The average molecular weight is 669 g/mol. The van der Waals surface area contributed by atoms with E-state index in [0.29, 0.717) is 0 Å². The van der Waals surface area contributed by atoms with Crippen LogP contribution in [-0.2, 0) is 0 Å². The first-order valence-corrected chi connectivity index (χ1v) is 18.2. The highest BCUT2D eigenvalue weighted by Gasteiger charge is 2.19. The highest BCUT2D eigenvalue weighted by atomic mass is 32.1. The van der Waals surface area contributed by atoms with E-state index in [2.05, 4.69) is 204 Å². The summed E-state index contributed by atoms with van der Waals surface area (Å²) in [5.74, 6) is 0. The molecule has 240 valence electrons. The second-order valence-corrected chi connectivity index (χ2v) is 14.0. The Morgan fingerprint density at radius 1 is 0.294 bits per heavy atom. The SMILES string of the molecule is c1ccc(N(c2ccccc2)c2ccc(N(c3ccc4ccccc4c3)c3ccc4c5ccccc5c5c6ccccc6sc5c4c3)cc2)cc1. The van der Waals surface area contributed by atoms with Crippen LogP contribution in [0.5, 0.6) is 0 Å². The molecular formula is C48H32N2S. The summed E-state index contributed by atoms with van der Waals surface area (Å²) in [6.45, 7) is 0. The molecule has 1 heterocycles. The first kappa shape index (κ1) is 29.5. The standard InChI is InChI=1S/C48H32N2S/c1-3-15-35(16-4-1)49(36-17-5-2-6-18-36)37-25-27-38(28-26-37)50(39-24-23-33-13-7-8-14-34(33)31-39)40-29-30-42-41-19-9-10-20-43(41)47-44-21-11-12-22-46(44)51-48(47)45(42)32-40/h1-32H. The largest absolute Gasteiger partial charge is 0.311 e. The van der Waals surface area contributed by atoms with Crippen molar-refractivity contribution in [2.45, 2.75) is 0 Å². The van der Waals surface area contributed by atoms with Gasteiger partial charge in [0.25, 0.3) is 0 Å². The van der Waals surface area contributed by atoms with Gasteiger partial charge in [-0.2, -0.15) is 0 Å². The van der Waals surface area contributed by atoms with E-state index in [1.165, 1.54) is 52.5 Å². The average Bonchev–Trinajstić information content (AvgIpc) is 3.60. The van der Waals surface area contributed by atoms with Crippen molar-refractivity contribution >= 4 is 98.0 Å². The first-order valence-electron chi connectivity index (χ1n) is 17.4. The Hall–Kier alpha value is -6.42. The van der Waals surface area contributed by atoms with E-state index < -0.39 is 0 Å². The molecule has 0 radical (unpaired) electrons. The van der Waals surface area contributed by atoms with Crippen LogP contribution in [0, 0.1) is 0 Å². The van der Waals surface area contributed by atoms with E-state index in [0.717, 1.165) is 34.1 Å². The molecule has 0 unspecified atom stereocenters. The molecule has 0 aliphatic rings. The molecule has 2 nitrogen and oxygen atoms in total. The van der Waals surface area contributed by atoms with E-state index >= 15 is 0 Å². The highest BCUT2D eigenvalue weighted by molar-refractivity contribution is 7.27. The molecule has 0 aliphatic carbocycles. The summed E-state index contributed by atoms with van der Waals surface area (Å²) < 4.78 is 2.65. The molecule has 0 atom stereocenters. The second kappa shape index (κ2) is 12.2. The fourth-order valence-electron chi connectivity index (χ4n) is 7.65. The van der Waals surface area contributed by atoms with Crippen LogP contribution < -0.4 is 9.80 Å². The lowest BCUT2D eigenvalue weighted by Gasteiger charge is -2.28. The maximum atomic E-state index is 2.41. The molecule has 0 N–H and O–H groups in total.